The standard InChI is InChI=1S/C19H20F3NO4S2/c1-29(25,26)16-6-4-5-14(15-8-7-13(11-23-15)19(20,21)22)17(16)27-12-28-18(24)9-2-3-10-18/h4-8,11,24H,2-3,9-10,12H2,1H3. The third-order valence-electron chi connectivity index (χ3n) is 4.66. The van der Waals surface area contributed by atoms with Gasteiger partial charge in [-0.2, -0.15) is 13.2 Å². The molecule has 1 fully saturated rings. The van der Waals surface area contributed by atoms with Crippen LogP contribution in [0.15, 0.2) is 41.4 Å². The lowest BCUT2D eigenvalue weighted by molar-refractivity contribution is -0.137. The van der Waals surface area contributed by atoms with Crippen molar-refractivity contribution in [2.45, 2.75) is 41.7 Å². The van der Waals surface area contributed by atoms with Crippen molar-refractivity contribution in [3.8, 4) is 17.0 Å². The van der Waals surface area contributed by atoms with Gasteiger partial charge in [0.1, 0.15) is 21.5 Å². The molecule has 3 rings (SSSR count). The van der Waals surface area contributed by atoms with Crippen molar-refractivity contribution >= 4 is 21.6 Å². The van der Waals surface area contributed by atoms with Crippen molar-refractivity contribution in [1.82, 2.24) is 4.98 Å². The SMILES string of the molecule is CS(=O)(=O)c1cccc(-c2ccc(C(F)(F)F)cn2)c1OCSC1(O)CCCC1. The van der Waals surface area contributed by atoms with Gasteiger partial charge in [-0.05, 0) is 49.9 Å². The summed E-state index contributed by atoms with van der Waals surface area (Å²) in [6, 6.07) is 6.45. The first-order valence-corrected chi connectivity index (χ1v) is 11.7. The zero-order valence-corrected chi connectivity index (χ0v) is 17.2. The molecule has 1 saturated carbocycles. The topological polar surface area (TPSA) is 76.5 Å². The van der Waals surface area contributed by atoms with Gasteiger partial charge in [0.05, 0.1) is 11.3 Å². The van der Waals surface area contributed by atoms with E-state index in [0.717, 1.165) is 25.2 Å². The normalized spacial score (nSPS) is 16.7. The monoisotopic (exact) mass is 447 g/mol. The van der Waals surface area contributed by atoms with Crippen molar-refractivity contribution in [1.29, 1.82) is 0 Å². The van der Waals surface area contributed by atoms with E-state index < -0.39 is 26.5 Å². The van der Waals surface area contributed by atoms with Crippen LogP contribution in [-0.2, 0) is 16.0 Å². The molecule has 0 saturated heterocycles. The number of benzene rings is 1. The van der Waals surface area contributed by atoms with Crippen LogP contribution in [0.3, 0.4) is 0 Å². The Kier molecular flexibility index (Phi) is 6.16. The van der Waals surface area contributed by atoms with Gasteiger partial charge < -0.3 is 9.84 Å². The molecule has 158 valence electrons. The van der Waals surface area contributed by atoms with Crippen LogP contribution in [0.2, 0.25) is 0 Å². The fourth-order valence-corrected chi connectivity index (χ4v) is 4.95. The van der Waals surface area contributed by atoms with Crippen LogP contribution < -0.4 is 4.74 Å². The number of para-hydroxylation sites is 1. The zero-order valence-electron chi connectivity index (χ0n) is 15.6. The minimum atomic E-state index is -4.52. The Morgan fingerprint density at radius 3 is 2.45 bits per heavy atom. The molecule has 0 bridgehead atoms. The Morgan fingerprint density at radius 2 is 1.90 bits per heavy atom. The summed E-state index contributed by atoms with van der Waals surface area (Å²) < 4.78 is 68.5. The molecular weight excluding hydrogens is 427 g/mol. The number of ether oxygens (including phenoxy) is 1. The number of sulfone groups is 1. The Morgan fingerprint density at radius 1 is 1.21 bits per heavy atom. The first kappa shape index (κ1) is 21.9. The molecule has 0 radical (unpaired) electrons. The van der Waals surface area contributed by atoms with Crippen LogP contribution in [-0.4, -0.2) is 35.6 Å². The molecule has 0 atom stereocenters. The number of nitrogens with zero attached hydrogens (tertiary/aromatic N) is 1. The van der Waals surface area contributed by atoms with Crippen molar-refractivity contribution < 1.29 is 31.4 Å². The van der Waals surface area contributed by atoms with Crippen LogP contribution in [0, 0.1) is 0 Å². The summed E-state index contributed by atoms with van der Waals surface area (Å²) in [7, 11) is -3.66. The maximum Gasteiger partial charge on any atom is 0.417 e. The van der Waals surface area contributed by atoms with Gasteiger partial charge in [-0.25, -0.2) is 8.42 Å². The van der Waals surface area contributed by atoms with E-state index in [1.54, 1.807) is 0 Å². The number of pyridine rings is 1. The van der Waals surface area contributed by atoms with E-state index in [2.05, 4.69) is 4.98 Å². The second kappa shape index (κ2) is 8.16. The smallest absolute Gasteiger partial charge is 0.417 e. The van der Waals surface area contributed by atoms with Gasteiger partial charge in [-0.3, -0.25) is 4.98 Å². The van der Waals surface area contributed by atoms with E-state index in [0.29, 0.717) is 19.0 Å². The number of aromatic nitrogens is 1. The summed E-state index contributed by atoms with van der Waals surface area (Å²) in [5.41, 5.74) is -0.481. The van der Waals surface area contributed by atoms with Gasteiger partial charge in [0, 0.05) is 18.0 Å². The maximum absolute atomic E-state index is 12.8. The molecule has 2 aromatic rings. The molecule has 1 aliphatic carbocycles. The van der Waals surface area contributed by atoms with Crippen LogP contribution in [0.5, 0.6) is 5.75 Å². The number of thioether (sulfide) groups is 1. The highest BCUT2D eigenvalue weighted by molar-refractivity contribution is 8.00. The quantitative estimate of drug-likeness (QED) is 0.657. The first-order valence-electron chi connectivity index (χ1n) is 8.85. The molecule has 0 amide bonds. The Hall–Kier alpha value is -1.78. The highest BCUT2D eigenvalue weighted by atomic mass is 32.2. The van der Waals surface area contributed by atoms with Crippen molar-refractivity contribution in [2.24, 2.45) is 0 Å². The lowest BCUT2D eigenvalue weighted by atomic mass is 10.1. The number of halogens is 3. The Balaban J connectivity index is 1.94. The van der Waals surface area contributed by atoms with Crippen LogP contribution in [0.4, 0.5) is 13.2 Å². The number of aliphatic hydroxyl groups is 1. The van der Waals surface area contributed by atoms with E-state index in [4.69, 9.17) is 4.74 Å². The molecule has 10 heteroatoms. The van der Waals surface area contributed by atoms with E-state index in [1.807, 2.05) is 0 Å². The van der Waals surface area contributed by atoms with Gasteiger partial charge in [0.15, 0.2) is 9.84 Å². The molecule has 1 N–H and O–H groups in total. The third kappa shape index (κ3) is 5.23. The molecule has 1 heterocycles. The van der Waals surface area contributed by atoms with Crippen LogP contribution >= 0.6 is 11.8 Å². The zero-order chi connectivity index (χ0) is 21.3. The van der Waals surface area contributed by atoms with Crippen molar-refractivity contribution in [2.75, 3.05) is 12.2 Å². The minimum absolute atomic E-state index is 0.00331. The van der Waals surface area contributed by atoms with E-state index >= 15 is 0 Å². The summed E-state index contributed by atoms with van der Waals surface area (Å²) in [6.45, 7) is 0. The van der Waals surface area contributed by atoms with Gasteiger partial charge in [-0.1, -0.05) is 17.8 Å². The van der Waals surface area contributed by atoms with Gasteiger partial charge in [0.2, 0.25) is 0 Å². The highest BCUT2D eigenvalue weighted by Crippen LogP contribution is 2.41. The fraction of sp³-hybridized carbons (Fsp3) is 0.421. The van der Waals surface area contributed by atoms with E-state index in [1.165, 1.54) is 36.0 Å². The van der Waals surface area contributed by atoms with Crippen molar-refractivity contribution in [3.05, 3.63) is 42.1 Å². The summed E-state index contributed by atoms with van der Waals surface area (Å²) in [4.78, 5) is 2.85. The number of hydrogen-bond donors (Lipinski definition) is 1. The molecule has 0 unspecified atom stereocenters. The average molecular weight is 448 g/mol. The van der Waals surface area contributed by atoms with Crippen LogP contribution in [0.1, 0.15) is 31.2 Å². The second-order valence-electron chi connectivity index (χ2n) is 6.89. The molecule has 5 nitrogen and oxygen atoms in total. The largest absolute Gasteiger partial charge is 0.481 e. The summed E-state index contributed by atoms with van der Waals surface area (Å²) in [5.74, 6) is 0.00721. The number of rotatable bonds is 6. The molecule has 1 aromatic carbocycles. The predicted octanol–water partition coefficient (Wildman–Crippen LogP) is 4.50. The number of hydrogen-bond acceptors (Lipinski definition) is 6. The molecule has 0 spiro atoms. The highest BCUT2D eigenvalue weighted by Gasteiger charge is 2.33. The third-order valence-corrected chi connectivity index (χ3v) is 6.96. The fourth-order valence-electron chi connectivity index (χ4n) is 3.15. The molecule has 0 aliphatic heterocycles. The summed E-state index contributed by atoms with van der Waals surface area (Å²) >= 11 is 1.18. The van der Waals surface area contributed by atoms with Gasteiger partial charge >= 0.3 is 6.18 Å². The Bertz CT molecular complexity index is 970. The molecule has 1 aromatic heterocycles. The van der Waals surface area contributed by atoms with E-state index in [9.17, 15) is 26.7 Å². The van der Waals surface area contributed by atoms with E-state index in [-0.39, 0.29) is 27.8 Å². The average Bonchev–Trinajstić information content (AvgIpc) is 3.07. The lowest BCUT2D eigenvalue weighted by Gasteiger charge is -2.22. The van der Waals surface area contributed by atoms with Crippen LogP contribution in [0.25, 0.3) is 11.3 Å². The molecule has 29 heavy (non-hydrogen) atoms. The lowest BCUT2D eigenvalue weighted by Crippen LogP contribution is -2.20. The number of alkyl halides is 3. The predicted molar refractivity (Wildman–Crippen MR) is 104 cm³/mol. The van der Waals surface area contributed by atoms with Crippen molar-refractivity contribution in [3.63, 3.8) is 0 Å². The summed E-state index contributed by atoms with van der Waals surface area (Å²) in [6.07, 6.45) is 0.268. The minimum Gasteiger partial charge on any atom is -0.481 e. The first-order chi connectivity index (χ1) is 13.5. The van der Waals surface area contributed by atoms with Gasteiger partial charge in [0.25, 0.3) is 0 Å². The summed E-state index contributed by atoms with van der Waals surface area (Å²) in [5, 5.41) is 10.4. The molecule has 1 aliphatic rings. The van der Waals surface area contributed by atoms with Gasteiger partial charge in [-0.15, -0.1) is 0 Å². The molecular formula is C19H20F3NO4S2. The Labute approximate surface area is 171 Å². The second-order valence-corrected chi connectivity index (χ2v) is 10.2. The maximum atomic E-state index is 12.8.